The zero-order valence-electron chi connectivity index (χ0n) is 13.3. The van der Waals surface area contributed by atoms with Crippen LogP contribution in [0.1, 0.15) is 51.6 Å². The van der Waals surface area contributed by atoms with Crippen molar-refractivity contribution in [1.29, 1.82) is 0 Å². The molecule has 0 radical (unpaired) electrons. The lowest BCUT2D eigenvalue weighted by molar-refractivity contribution is 0.224. The first-order chi connectivity index (χ1) is 9.72. The number of nitrogens with zero attached hydrogens (tertiary/aromatic N) is 1. The van der Waals surface area contributed by atoms with Crippen LogP contribution < -0.4 is 5.32 Å². The Balaban J connectivity index is 2.03. The molecule has 20 heavy (non-hydrogen) atoms. The van der Waals surface area contributed by atoms with E-state index in [1.165, 1.54) is 37.9 Å². The Morgan fingerprint density at radius 3 is 2.30 bits per heavy atom. The normalized spacial score (nSPS) is 19.4. The summed E-state index contributed by atoms with van der Waals surface area (Å²) in [6.07, 6.45) is 3.91. The molecular weight excluding hydrogens is 244 g/mol. The molecule has 0 spiro atoms. The molecule has 1 N–H and O–H groups in total. The minimum Gasteiger partial charge on any atom is -0.312 e. The van der Waals surface area contributed by atoms with Crippen LogP contribution in [0.5, 0.6) is 0 Å². The summed E-state index contributed by atoms with van der Waals surface area (Å²) in [6.45, 7) is 10.5. The predicted molar refractivity (Wildman–Crippen MR) is 86.9 cm³/mol. The third-order valence-electron chi connectivity index (χ3n) is 4.58. The molecule has 1 fully saturated rings. The largest absolute Gasteiger partial charge is 0.312 e. The number of hydrogen-bond acceptors (Lipinski definition) is 2. The lowest BCUT2D eigenvalue weighted by Gasteiger charge is -2.31. The van der Waals surface area contributed by atoms with Gasteiger partial charge in [0.05, 0.1) is 0 Å². The fourth-order valence-corrected chi connectivity index (χ4v) is 3.30. The van der Waals surface area contributed by atoms with Gasteiger partial charge in [-0.1, -0.05) is 51.1 Å². The van der Waals surface area contributed by atoms with Crippen LogP contribution in [0.2, 0.25) is 0 Å². The van der Waals surface area contributed by atoms with E-state index in [9.17, 15) is 0 Å². The molecule has 2 atom stereocenters. The van der Waals surface area contributed by atoms with Crippen LogP contribution in [-0.2, 0) is 0 Å². The molecule has 1 aromatic carbocycles. The Bertz CT molecular complexity index is 368. The number of benzene rings is 1. The van der Waals surface area contributed by atoms with E-state index >= 15 is 0 Å². The van der Waals surface area contributed by atoms with E-state index in [0.717, 1.165) is 6.54 Å². The first kappa shape index (κ1) is 15.5. The van der Waals surface area contributed by atoms with Gasteiger partial charge < -0.3 is 5.32 Å². The van der Waals surface area contributed by atoms with Gasteiger partial charge in [0, 0.05) is 18.6 Å². The zero-order chi connectivity index (χ0) is 14.4. The molecule has 112 valence electrons. The summed E-state index contributed by atoms with van der Waals surface area (Å²) < 4.78 is 0. The maximum Gasteiger partial charge on any atom is 0.0472 e. The SMILES string of the molecule is CCC(NCC(c1ccccc1)N1CCCC1)C(C)C. The third-order valence-corrected chi connectivity index (χ3v) is 4.58. The van der Waals surface area contributed by atoms with Crippen LogP contribution in [0.3, 0.4) is 0 Å². The topological polar surface area (TPSA) is 15.3 Å². The lowest BCUT2D eigenvalue weighted by atomic mass is 10.00. The fraction of sp³-hybridized carbons (Fsp3) is 0.667. The van der Waals surface area contributed by atoms with Gasteiger partial charge in [-0.05, 0) is 43.8 Å². The van der Waals surface area contributed by atoms with Gasteiger partial charge in [0.1, 0.15) is 0 Å². The van der Waals surface area contributed by atoms with Gasteiger partial charge in [-0.2, -0.15) is 0 Å². The molecule has 1 aliphatic heterocycles. The highest BCUT2D eigenvalue weighted by Gasteiger charge is 2.24. The molecule has 0 saturated carbocycles. The molecule has 1 aromatic rings. The Morgan fingerprint density at radius 1 is 1.10 bits per heavy atom. The van der Waals surface area contributed by atoms with E-state index < -0.39 is 0 Å². The van der Waals surface area contributed by atoms with Crippen LogP contribution in [0.4, 0.5) is 0 Å². The highest BCUT2D eigenvalue weighted by molar-refractivity contribution is 5.19. The van der Waals surface area contributed by atoms with Crippen LogP contribution in [0, 0.1) is 5.92 Å². The van der Waals surface area contributed by atoms with Gasteiger partial charge in [0.15, 0.2) is 0 Å². The molecule has 1 saturated heterocycles. The quantitative estimate of drug-likeness (QED) is 0.812. The third kappa shape index (κ3) is 4.07. The zero-order valence-corrected chi connectivity index (χ0v) is 13.3. The molecule has 2 heteroatoms. The average Bonchev–Trinajstić information content (AvgIpc) is 2.98. The monoisotopic (exact) mass is 274 g/mol. The molecule has 2 unspecified atom stereocenters. The van der Waals surface area contributed by atoms with Gasteiger partial charge in [-0.15, -0.1) is 0 Å². The molecule has 2 rings (SSSR count). The first-order valence-electron chi connectivity index (χ1n) is 8.24. The van der Waals surface area contributed by atoms with Crippen molar-refractivity contribution in [3.8, 4) is 0 Å². The molecule has 1 aliphatic rings. The summed E-state index contributed by atoms with van der Waals surface area (Å²) in [5, 5.41) is 3.80. The van der Waals surface area contributed by atoms with Gasteiger partial charge in [-0.3, -0.25) is 4.90 Å². The highest BCUT2D eigenvalue weighted by Crippen LogP contribution is 2.24. The van der Waals surface area contributed by atoms with Crippen molar-refractivity contribution in [1.82, 2.24) is 10.2 Å². The number of likely N-dealkylation sites (tertiary alicyclic amines) is 1. The lowest BCUT2D eigenvalue weighted by Crippen LogP contribution is -2.40. The van der Waals surface area contributed by atoms with Crippen LogP contribution in [0.25, 0.3) is 0 Å². The maximum atomic E-state index is 3.80. The Hall–Kier alpha value is -0.860. The number of nitrogens with one attached hydrogen (secondary N) is 1. The minimum atomic E-state index is 0.534. The second-order valence-corrected chi connectivity index (χ2v) is 6.34. The summed E-state index contributed by atoms with van der Waals surface area (Å²) in [5.41, 5.74) is 1.46. The summed E-state index contributed by atoms with van der Waals surface area (Å²) in [5.74, 6) is 0.704. The molecule has 0 amide bonds. The smallest absolute Gasteiger partial charge is 0.0472 e. The minimum absolute atomic E-state index is 0.534. The van der Waals surface area contributed by atoms with Crippen LogP contribution in [-0.4, -0.2) is 30.6 Å². The molecule has 2 nitrogen and oxygen atoms in total. The number of hydrogen-bond donors (Lipinski definition) is 1. The van der Waals surface area contributed by atoms with Gasteiger partial charge in [0.25, 0.3) is 0 Å². The van der Waals surface area contributed by atoms with Crippen molar-refractivity contribution >= 4 is 0 Å². The van der Waals surface area contributed by atoms with Crippen molar-refractivity contribution in [2.24, 2.45) is 5.92 Å². The Morgan fingerprint density at radius 2 is 1.75 bits per heavy atom. The van der Waals surface area contributed by atoms with Crippen molar-refractivity contribution in [2.75, 3.05) is 19.6 Å². The van der Waals surface area contributed by atoms with Gasteiger partial charge in [0.2, 0.25) is 0 Å². The molecule has 0 aromatic heterocycles. The average molecular weight is 274 g/mol. The molecular formula is C18H30N2. The van der Waals surface area contributed by atoms with Crippen molar-refractivity contribution in [3.05, 3.63) is 35.9 Å². The van der Waals surface area contributed by atoms with E-state index in [-0.39, 0.29) is 0 Å². The second-order valence-electron chi connectivity index (χ2n) is 6.34. The molecule has 0 aliphatic carbocycles. The van der Waals surface area contributed by atoms with E-state index in [2.05, 4.69) is 61.3 Å². The van der Waals surface area contributed by atoms with Crippen molar-refractivity contribution in [2.45, 2.75) is 52.1 Å². The van der Waals surface area contributed by atoms with E-state index in [4.69, 9.17) is 0 Å². The van der Waals surface area contributed by atoms with E-state index in [0.29, 0.717) is 18.0 Å². The molecule has 0 bridgehead atoms. The second kappa shape index (κ2) is 7.80. The fourth-order valence-electron chi connectivity index (χ4n) is 3.30. The van der Waals surface area contributed by atoms with Gasteiger partial charge >= 0.3 is 0 Å². The summed E-state index contributed by atoms with van der Waals surface area (Å²) in [4.78, 5) is 2.65. The maximum absolute atomic E-state index is 3.80. The first-order valence-corrected chi connectivity index (χ1v) is 8.24. The van der Waals surface area contributed by atoms with Crippen molar-refractivity contribution < 1.29 is 0 Å². The van der Waals surface area contributed by atoms with Crippen LogP contribution >= 0.6 is 0 Å². The van der Waals surface area contributed by atoms with Crippen molar-refractivity contribution in [3.63, 3.8) is 0 Å². The Kier molecular flexibility index (Phi) is 6.06. The summed E-state index contributed by atoms with van der Waals surface area (Å²) in [6, 6.07) is 12.2. The standard InChI is InChI=1S/C18H30N2/c1-4-17(15(2)3)19-14-18(20-12-8-9-13-20)16-10-6-5-7-11-16/h5-7,10-11,15,17-19H,4,8-9,12-14H2,1-3H3. The Labute approximate surface area is 124 Å². The van der Waals surface area contributed by atoms with E-state index in [1.807, 2.05) is 0 Å². The van der Waals surface area contributed by atoms with Gasteiger partial charge in [-0.25, -0.2) is 0 Å². The molecule has 1 heterocycles. The highest BCUT2D eigenvalue weighted by atomic mass is 15.2. The predicted octanol–water partition coefficient (Wildman–Crippen LogP) is 3.85. The summed E-state index contributed by atoms with van der Waals surface area (Å²) in [7, 11) is 0. The number of rotatable bonds is 7. The van der Waals surface area contributed by atoms with Crippen LogP contribution in [0.15, 0.2) is 30.3 Å². The summed E-state index contributed by atoms with van der Waals surface area (Å²) >= 11 is 0. The van der Waals surface area contributed by atoms with E-state index in [1.54, 1.807) is 0 Å².